The van der Waals surface area contributed by atoms with Gasteiger partial charge in [-0.05, 0) is 324 Å². The van der Waals surface area contributed by atoms with Gasteiger partial charge in [0.2, 0.25) is 0 Å². The number of carboxylic acids is 1. The summed E-state index contributed by atoms with van der Waals surface area (Å²) in [6, 6.07) is 0. The van der Waals surface area contributed by atoms with Crippen LogP contribution in [0.15, 0.2) is 0 Å². The molecule has 81 heavy (non-hydrogen) atoms. The minimum atomic E-state index is -6.37. The van der Waals surface area contributed by atoms with E-state index >= 15 is 0 Å². The molecule has 1 rings (SSSR count). The standard InChI is InChI=1S/C54H28O9P2.C10H2.C6H2/c1-4-7-10-13-16-19-22-24-27-29-32-35-38-42-50-44-40-43-49(41-37-34-31-28-26-23-20-17-14-11-8-5-2)46-47-51(53(48-50)64(58,63-62-57)65(59,60)61)52(54(55)56)45-39-36-33-30-25-21-18-15-12-9-6-3;1-3-5-7-9-10-8-6-4-2;1-3-5-6-4-2/h2,49-53,57H,40,43-44,46-48H2,1,3H3,(H,55,56)(H2,59,60,61);1-2H;1-2H/p-3. The summed E-state index contributed by atoms with van der Waals surface area (Å²) in [7, 11) is -12.1. The molecular formula is C70H29O9P2-3. The molecule has 6 unspecified atom stereocenters. The summed E-state index contributed by atoms with van der Waals surface area (Å²) in [4.78, 5) is 38.3. The third-order valence-corrected chi connectivity index (χ3v) is 13.7. The van der Waals surface area contributed by atoms with Crippen molar-refractivity contribution in [2.75, 3.05) is 0 Å². The zero-order valence-electron chi connectivity index (χ0n) is 42.6. The topological polar surface area (TPSA) is 159 Å². The van der Waals surface area contributed by atoms with Crippen LogP contribution in [-0.4, -0.2) is 16.7 Å². The van der Waals surface area contributed by atoms with Crippen LogP contribution in [0.5, 0.6) is 0 Å². The molecule has 1 aliphatic rings. The third kappa shape index (κ3) is 39.5. The second kappa shape index (κ2) is 50.9. The zero-order valence-corrected chi connectivity index (χ0v) is 44.4. The fraction of sp³-hybridized carbons (Fsp3) is 0.186. The Bertz CT molecular complexity index is 4270. The molecule has 9 nitrogen and oxygen atoms in total. The van der Waals surface area contributed by atoms with Crippen LogP contribution in [0.3, 0.4) is 0 Å². The normalized spacial score (nSPS) is 12.9. The maximum absolute atomic E-state index is 14.2. The van der Waals surface area contributed by atoms with E-state index in [0.717, 1.165) is 0 Å². The van der Waals surface area contributed by atoms with Gasteiger partial charge in [-0.2, -0.15) is 4.67 Å². The van der Waals surface area contributed by atoms with Gasteiger partial charge in [-0.3, -0.25) is 14.4 Å². The van der Waals surface area contributed by atoms with E-state index in [1.807, 2.05) is 0 Å². The first-order chi connectivity index (χ1) is 39.4. The Morgan fingerprint density at radius 1 is 0.444 bits per heavy atom. The van der Waals surface area contributed by atoms with Crippen LogP contribution in [-0.2, 0) is 23.6 Å². The molecule has 0 aromatic heterocycles. The van der Waals surface area contributed by atoms with Crippen molar-refractivity contribution in [2.24, 2.45) is 23.7 Å². The first kappa shape index (κ1) is 70.5. The molecule has 1 aliphatic carbocycles. The van der Waals surface area contributed by atoms with Gasteiger partial charge in [-0.15, -0.1) is 32.1 Å². The fourth-order valence-corrected chi connectivity index (χ4v) is 9.48. The van der Waals surface area contributed by atoms with E-state index in [-0.39, 0.29) is 19.3 Å². The largest absolute Gasteiger partial charge is 0.804 e. The molecule has 1 fully saturated rings. The highest BCUT2D eigenvalue weighted by molar-refractivity contribution is 8.28. The Morgan fingerprint density at radius 3 is 1.06 bits per heavy atom. The van der Waals surface area contributed by atoms with Gasteiger partial charge >= 0.3 is 5.97 Å². The van der Waals surface area contributed by atoms with Crippen molar-refractivity contribution in [1.29, 1.82) is 0 Å². The van der Waals surface area contributed by atoms with Crippen LogP contribution in [0, 0.1) is 358 Å². The quantitative estimate of drug-likeness (QED) is 0.182. The number of hydrogen-bond acceptors (Lipinski definition) is 8. The number of rotatable bonds is 6. The van der Waals surface area contributed by atoms with Gasteiger partial charge in [0.15, 0.2) is 0 Å². The lowest BCUT2D eigenvalue weighted by molar-refractivity contribution is -0.779. The molecule has 0 aromatic carbocycles. The zero-order chi connectivity index (χ0) is 60.2. The fourth-order valence-electron chi connectivity index (χ4n) is 5.30. The Morgan fingerprint density at radius 2 is 0.741 bits per heavy atom. The van der Waals surface area contributed by atoms with E-state index < -0.39 is 56.1 Å². The van der Waals surface area contributed by atoms with Crippen LogP contribution >= 0.6 is 14.3 Å². The highest BCUT2D eigenvalue weighted by atomic mass is 32.1. The smallest absolute Gasteiger partial charge is 0.319 e. The van der Waals surface area contributed by atoms with Crippen molar-refractivity contribution in [3.63, 3.8) is 0 Å². The molecule has 0 aromatic rings. The summed E-state index contributed by atoms with van der Waals surface area (Å²) >= 11 is 0. The molecule has 0 heterocycles. The van der Waals surface area contributed by atoms with E-state index in [2.05, 4.69) is 312 Å². The molecule has 1 saturated carbocycles. The van der Waals surface area contributed by atoms with E-state index in [4.69, 9.17) is 32.1 Å². The molecule has 6 atom stereocenters. The minimum absolute atomic E-state index is 0.0679. The number of hydrogen-bond donors (Lipinski definition) is 1. The summed E-state index contributed by atoms with van der Waals surface area (Å²) in [5.41, 5.74) is -1.98. The number of terminal acetylenes is 5. The SMILES string of the molecule is C#CC#CC#C.C#CC#CC#CC#CC#C.C#CC#CC#CC#CC#CC#CC#CC1CCCC(C#CC#CC#CC#CC#CC#CC#CC)CC(P(=O)(OO[O-])P(=O)([O-])[O-])C(C(C#CC#CC#CC#CC#CC#CC)C(=O)O)CC1. The minimum Gasteiger partial charge on any atom is -0.804 e. The van der Waals surface area contributed by atoms with Crippen molar-refractivity contribution in [3.05, 3.63) is 0 Å². The number of carbonyl (C=O) groups is 1. The van der Waals surface area contributed by atoms with Crippen LogP contribution in [0.4, 0.5) is 0 Å². The molecule has 0 bridgehead atoms. The predicted octanol–water partition coefficient (Wildman–Crippen LogP) is 1.85. The summed E-state index contributed by atoms with van der Waals surface area (Å²) in [6.45, 7) is 3.24. The van der Waals surface area contributed by atoms with Gasteiger partial charge in [0.25, 0.3) is 7.06 Å². The molecular weight excluding hydrogens is 1050 g/mol. The average Bonchev–Trinajstić information content (AvgIpc) is 3.44. The van der Waals surface area contributed by atoms with Crippen molar-refractivity contribution in [1.82, 2.24) is 0 Å². The van der Waals surface area contributed by atoms with Crippen molar-refractivity contribution in [2.45, 2.75) is 58.0 Å². The maximum atomic E-state index is 14.2. The van der Waals surface area contributed by atoms with Gasteiger partial charge in [-0.1, -0.05) is 36.0 Å². The summed E-state index contributed by atoms with van der Waals surface area (Å²) < 4.78 is 31.2. The van der Waals surface area contributed by atoms with Crippen LogP contribution in [0.2, 0.25) is 0 Å². The molecule has 0 aliphatic heterocycles. The van der Waals surface area contributed by atoms with Crippen molar-refractivity contribution in [3.8, 4) is 334 Å². The number of carboxylic acid groups (broad SMARTS) is 1. The summed E-state index contributed by atoms with van der Waals surface area (Å²) in [5, 5.41) is 25.1. The van der Waals surface area contributed by atoms with Crippen LogP contribution in [0.25, 0.3) is 0 Å². The lowest BCUT2D eigenvalue weighted by atomic mass is 9.78. The highest BCUT2D eigenvalue weighted by Crippen LogP contribution is 2.78. The van der Waals surface area contributed by atoms with Crippen LogP contribution in [0.1, 0.15) is 52.4 Å². The molecule has 376 valence electrons. The van der Waals surface area contributed by atoms with Gasteiger partial charge in [0, 0.05) is 24.8 Å². The van der Waals surface area contributed by atoms with E-state index in [0.29, 0.717) is 12.8 Å². The Labute approximate surface area is 477 Å². The predicted molar refractivity (Wildman–Crippen MR) is 305 cm³/mol. The van der Waals surface area contributed by atoms with Gasteiger partial charge < -0.3 is 24.7 Å². The molecule has 0 spiro atoms. The molecule has 0 saturated heterocycles. The second-order valence-electron chi connectivity index (χ2n) is 13.1. The molecule has 0 radical (unpaired) electrons. The lowest BCUT2D eigenvalue weighted by Crippen LogP contribution is -2.37. The second-order valence-corrected chi connectivity index (χ2v) is 19.2. The summed E-state index contributed by atoms with van der Waals surface area (Å²) in [6.07, 6.45) is 24.3. The Hall–Kier alpha value is -12.6. The highest BCUT2D eigenvalue weighted by Gasteiger charge is 2.48. The average molecular weight is 1080 g/mol. The number of aliphatic carboxylic acids is 1. The van der Waals surface area contributed by atoms with Crippen LogP contribution < -0.4 is 15.0 Å². The van der Waals surface area contributed by atoms with E-state index in [9.17, 15) is 34.1 Å². The monoisotopic (exact) mass is 1080 g/mol. The first-order valence-electron chi connectivity index (χ1n) is 21.8. The van der Waals surface area contributed by atoms with Crippen molar-refractivity contribution < 1.29 is 43.8 Å². The van der Waals surface area contributed by atoms with Gasteiger partial charge in [0.1, 0.15) is 5.92 Å². The molecule has 1 N–H and O–H groups in total. The van der Waals surface area contributed by atoms with E-state index in [1.54, 1.807) is 13.8 Å². The molecule has 11 heteroatoms. The van der Waals surface area contributed by atoms with Gasteiger partial charge in [-0.25, -0.2) is 0 Å². The Kier molecular flexibility index (Phi) is 44.3. The van der Waals surface area contributed by atoms with Crippen molar-refractivity contribution >= 4 is 20.3 Å². The summed E-state index contributed by atoms with van der Waals surface area (Å²) in [5.74, 6) is 117. The Balaban J connectivity index is 0. The van der Waals surface area contributed by atoms with E-state index in [1.165, 1.54) is 0 Å². The molecule has 0 amide bonds. The maximum Gasteiger partial charge on any atom is 0.319 e. The first-order valence-corrected chi connectivity index (χ1v) is 25.8. The van der Waals surface area contributed by atoms with Gasteiger partial charge in [0.05, 0.1) is 0 Å². The third-order valence-electron chi connectivity index (χ3n) is 8.21. The lowest BCUT2D eigenvalue weighted by Gasteiger charge is -2.45.